The molecule has 0 saturated carbocycles. The quantitative estimate of drug-likeness (QED) is 0.665. The molecule has 2 aromatic rings. The van der Waals surface area contributed by atoms with E-state index in [0.717, 1.165) is 6.07 Å². The lowest BCUT2D eigenvalue weighted by atomic mass is 10.1. The number of ether oxygens (including phenoxy) is 1. The number of halogens is 5. The lowest BCUT2D eigenvalue weighted by Crippen LogP contribution is -2.31. The first-order valence-electron chi connectivity index (χ1n) is 7.63. The maximum atomic E-state index is 12.7. The molecule has 6 nitrogen and oxygen atoms in total. The van der Waals surface area contributed by atoms with Crippen molar-refractivity contribution >= 4 is 39.2 Å². The molecule has 0 unspecified atom stereocenters. The Morgan fingerprint density at radius 2 is 1.89 bits per heavy atom. The zero-order chi connectivity index (χ0) is 21.1. The van der Waals surface area contributed by atoms with Crippen LogP contribution in [0, 0.1) is 0 Å². The van der Waals surface area contributed by atoms with Gasteiger partial charge in [0.15, 0.2) is 0 Å². The van der Waals surface area contributed by atoms with Crippen LogP contribution in [0.1, 0.15) is 12.5 Å². The van der Waals surface area contributed by atoms with Gasteiger partial charge in [0.1, 0.15) is 11.4 Å². The van der Waals surface area contributed by atoms with E-state index < -0.39 is 39.2 Å². The van der Waals surface area contributed by atoms with Gasteiger partial charge >= 0.3 is 12.1 Å². The Morgan fingerprint density at radius 3 is 2.46 bits per heavy atom. The molecular formula is C16H13Cl2F3N2O4S. The fourth-order valence-electron chi connectivity index (χ4n) is 2.11. The van der Waals surface area contributed by atoms with Crippen LogP contribution in [-0.4, -0.2) is 32.5 Å². The molecular weight excluding hydrogens is 444 g/mol. The zero-order valence-corrected chi connectivity index (χ0v) is 16.5. The third-order valence-electron chi connectivity index (χ3n) is 3.37. The minimum atomic E-state index is -4.62. The van der Waals surface area contributed by atoms with E-state index in [-0.39, 0.29) is 27.9 Å². The number of esters is 1. The van der Waals surface area contributed by atoms with Crippen molar-refractivity contribution < 1.29 is 31.1 Å². The number of alkyl halides is 3. The summed E-state index contributed by atoms with van der Waals surface area (Å²) in [5.41, 5.74) is -0.980. The molecule has 0 fully saturated rings. The highest BCUT2D eigenvalue weighted by Crippen LogP contribution is 2.35. The van der Waals surface area contributed by atoms with E-state index in [1.165, 1.54) is 12.1 Å². The van der Waals surface area contributed by atoms with E-state index in [9.17, 15) is 26.4 Å². The second kappa shape index (κ2) is 8.64. The fourth-order valence-corrected chi connectivity index (χ4v) is 3.87. The Morgan fingerprint density at radius 1 is 1.21 bits per heavy atom. The highest BCUT2D eigenvalue weighted by Gasteiger charge is 2.32. The van der Waals surface area contributed by atoms with Crippen LogP contribution in [0.15, 0.2) is 35.4 Å². The van der Waals surface area contributed by atoms with Gasteiger partial charge < -0.3 is 4.74 Å². The van der Waals surface area contributed by atoms with Crippen molar-refractivity contribution in [2.75, 3.05) is 13.2 Å². The van der Waals surface area contributed by atoms with Crippen LogP contribution >= 0.6 is 23.2 Å². The van der Waals surface area contributed by atoms with Gasteiger partial charge in [0.05, 0.1) is 27.9 Å². The van der Waals surface area contributed by atoms with Crippen LogP contribution in [0.4, 0.5) is 13.2 Å². The van der Waals surface area contributed by atoms with Crippen molar-refractivity contribution in [2.45, 2.75) is 18.0 Å². The van der Waals surface area contributed by atoms with Gasteiger partial charge in [-0.05, 0) is 25.1 Å². The molecule has 0 amide bonds. The maximum Gasteiger partial charge on any atom is 0.417 e. The Bertz CT molecular complexity index is 998. The van der Waals surface area contributed by atoms with Gasteiger partial charge in [0.2, 0.25) is 10.0 Å². The first-order valence-corrected chi connectivity index (χ1v) is 9.87. The number of sulfonamides is 1. The molecule has 1 N–H and O–H groups in total. The summed E-state index contributed by atoms with van der Waals surface area (Å²) in [5.74, 6) is -0.786. The van der Waals surface area contributed by atoms with E-state index in [1.54, 1.807) is 6.92 Å². The highest BCUT2D eigenvalue weighted by molar-refractivity contribution is 7.89. The molecule has 0 aliphatic rings. The van der Waals surface area contributed by atoms with Crippen LogP contribution in [0.25, 0.3) is 11.3 Å². The standard InChI is InChI=1S/C16H13Cl2F3N2O4S/c1-2-27-14(24)8-23-28(25,26)13-5-9(3-4-11(13)17)15-12(18)6-10(7-22-15)16(19,20)21/h3-7,23H,2,8H2,1H3. The van der Waals surface area contributed by atoms with E-state index in [0.29, 0.717) is 12.3 Å². The number of carbonyl (C=O) groups is 1. The molecule has 2 rings (SSSR count). The number of nitrogens with one attached hydrogen (secondary N) is 1. The van der Waals surface area contributed by atoms with Gasteiger partial charge in [0, 0.05) is 11.8 Å². The zero-order valence-electron chi connectivity index (χ0n) is 14.2. The van der Waals surface area contributed by atoms with Crippen molar-refractivity contribution in [3.05, 3.63) is 46.1 Å². The Balaban J connectivity index is 2.39. The van der Waals surface area contributed by atoms with Gasteiger partial charge in [0.25, 0.3) is 0 Å². The van der Waals surface area contributed by atoms with Gasteiger partial charge in [-0.25, -0.2) is 8.42 Å². The van der Waals surface area contributed by atoms with Crippen LogP contribution in [-0.2, 0) is 25.7 Å². The van der Waals surface area contributed by atoms with Gasteiger partial charge in [-0.15, -0.1) is 0 Å². The molecule has 0 aliphatic carbocycles. The van der Waals surface area contributed by atoms with E-state index in [2.05, 4.69) is 9.72 Å². The number of benzene rings is 1. The van der Waals surface area contributed by atoms with Crippen molar-refractivity contribution in [2.24, 2.45) is 0 Å². The molecule has 1 aromatic heterocycles. The Hall–Kier alpha value is -1.88. The molecule has 28 heavy (non-hydrogen) atoms. The van der Waals surface area contributed by atoms with Gasteiger partial charge in [-0.1, -0.05) is 29.3 Å². The monoisotopic (exact) mass is 456 g/mol. The molecule has 12 heteroatoms. The molecule has 1 aromatic carbocycles. The molecule has 0 atom stereocenters. The fraction of sp³-hybridized carbons (Fsp3) is 0.250. The second-order valence-corrected chi connectivity index (χ2v) is 7.88. The van der Waals surface area contributed by atoms with Crippen LogP contribution in [0.5, 0.6) is 0 Å². The van der Waals surface area contributed by atoms with Crippen molar-refractivity contribution in [3.63, 3.8) is 0 Å². The summed E-state index contributed by atoms with van der Waals surface area (Å²) in [6, 6.07) is 4.36. The molecule has 0 radical (unpaired) electrons. The summed E-state index contributed by atoms with van der Waals surface area (Å²) < 4.78 is 69.7. The third-order valence-corrected chi connectivity index (χ3v) is 5.55. The van der Waals surface area contributed by atoms with E-state index >= 15 is 0 Å². The number of rotatable bonds is 6. The lowest BCUT2D eigenvalue weighted by Gasteiger charge is -2.12. The molecule has 0 spiro atoms. The van der Waals surface area contributed by atoms with E-state index in [1.807, 2.05) is 4.72 Å². The molecule has 1 heterocycles. The predicted octanol–water partition coefficient (Wildman–Crippen LogP) is 3.92. The predicted molar refractivity (Wildman–Crippen MR) is 96.5 cm³/mol. The number of pyridine rings is 1. The topological polar surface area (TPSA) is 85.4 Å². The summed E-state index contributed by atoms with van der Waals surface area (Å²) in [5, 5.41) is -0.483. The average Bonchev–Trinajstić information content (AvgIpc) is 2.60. The number of hydrogen-bond donors (Lipinski definition) is 1. The number of aromatic nitrogens is 1. The van der Waals surface area contributed by atoms with Crippen molar-refractivity contribution in [3.8, 4) is 11.3 Å². The van der Waals surface area contributed by atoms with Crippen LogP contribution in [0.2, 0.25) is 10.0 Å². The third kappa shape index (κ3) is 5.34. The van der Waals surface area contributed by atoms with E-state index in [4.69, 9.17) is 23.2 Å². The maximum absolute atomic E-state index is 12.7. The van der Waals surface area contributed by atoms with Crippen molar-refractivity contribution in [1.82, 2.24) is 9.71 Å². The lowest BCUT2D eigenvalue weighted by molar-refractivity contribution is -0.141. The first kappa shape index (κ1) is 22.4. The van der Waals surface area contributed by atoms with Crippen molar-refractivity contribution in [1.29, 1.82) is 0 Å². The van der Waals surface area contributed by atoms with Gasteiger partial charge in [-0.2, -0.15) is 17.9 Å². The highest BCUT2D eigenvalue weighted by atomic mass is 35.5. The van der Waals surface area contributed by atoms with Gasteiger partial charge in [-0.3, -0.25) is 9.78 Å². The number of carbonyl (C=O) groups excluding carboxylic acids is 1. The summed E-state index contributed by atoms with van der Waals surface area (Å²) in [6.45, 7) is 1.03. The summed E-state index contributed by atoms with van der Waals surface area (Å²) in [4.78, 5) is 14.6. The summed E-state index contributed by atoms with van der Waals surface area (Å²) in [7, 11) is -4.21. The number of hydrogen-bond acceptors (Lipinski definition) is 5. The molecule has 0 saturated heterocycles. The molecule has 0 aliphatic heterocycles. The molecule has 0 bridgehead atoms. The minimum Gasteiger partial charge on any atom is -0.465 e. The summed E-state index contributed by atoms with van der Waals surface area (Å²) >= 11 is 11.8. The van der Waals surface area contributed by atoms with Crippen LogP contribution in [0.3, 0.4) is 0 Å². The SMILES string of the molecule is CCOC(=O)CNS(=O)(=O)c1cc(-c2ncc(C(F)(F)F)cc2Cl)ccc1Cl. The minimum absolute atomic E-state index is 0.0619. The molecule has 152 valence electrons. The van der Waals surface area contributed by atoms with Crippen LogP contribution < -0.4 is 4.72 Å². The largest absolute Gasteiger partial charge is 0.465 e. The average molecular weight is 457 g/mol. The Kier molecular flexibility index (Phi) is 6.92. The summed E-state index contributed by atoms with van der Waals surface area (Å²) in [6.07, 6.45) is -4.04. The number of nitrogens with zero attached hydrogens (tertiary/aromatic N) is 1. The Labute approximate surface area is 168 Å². The smallest absolute Gasteiger partial charge is 0.417 e. The first-order chi connectivity index (χ1) is 13.0. The normalized spacial score (nSPS) is 12.1. The second-order valence-electron chi connectivity index (χ2n) is 5.33.